The smallest absolute Gasteiger partial charge is 0.139 e. The number of hydrogen-bond donors (Lipinski definition) is 0. The van der Waals surface area contributed by atoms with Gasteiger partial charge in [-0.05, 0) is 11.4 Å². The Morgan fingerprint density at radius 2 is 2.10 bits per heavy atom. The van der Waals surface area contributed by atoms with Crippen molar-refractivity contribution in [1.82, 2.24) is 0 Å². The highest BCUT2D eigenvalue weighted by molar-refractivity contribution is 7.10. The molecule has 1 aromatic heterocycles. The van der Waals surface area contributed by atoms with E-state index in [2.05, 4.69) is 7.85 Å². The zero-order valence-corrected chi connectivity index (χ0v) is 5.59. The summed E-state index contributed by atoms with van der Waals surface area (Å²) in [5.41, 5.74) is 0. The summed E-state index contributed by atoms with van der Waals surface area (Å²) < 4.78 is 36.5. The molecule has 0 unspecified atom stereocenters. The summed E-state index contributed by atoms with van der Waals surface area (Å²) in [6.07, 6.45) is 0. The number of halogens is 3. The van der Waals surface area contributed by atoms with Gasteiger partial charge in [-0.1, -0.05) is 0 Å². The van der Waals surface area contributed by atoms with Crippen LogP contribution in [0.25, 0.3) is 0 Å². The van der Waals surface area contributed by atoms with Gasteiger partial charge in [-0.2, -0.15) is 0 Å². The van der Waals surface area contributed by atoms with Gasteiger partial charge >= 0.3 is 0 Å². The molecule has 1 heterocycles. The molecule has 0 aliphatic rings. The van der Waals surface area contributed by atoms with Crippen molar-refractivity contribution < 1.29 is 13.2 Å². The minimum Gasteiger partial charge on any atom is -0.516 e. The fraction of sp³-hybridized carbons (Fsp3) is 0.200. The predicted octanol–water partition coefficient (Wildman–Crippen LogP) is 2.10. The molecule has 1 aromatic rings. The maximum absolute atomic E-state index is 12.3. The molecule has 0 spiro atoms. The Bertz CT molecular complexity index is 227. The molecule has 0 aliphatic heterocycles. The Kier molecular flexibility index (Phi) is 1.77. The van der Waals surface area contributed by atoms with Gasteiger partial charge in [0.2, 0.25) is 0 Å². The lowest BCUT2D eigenvalue weighted by molar-refractivity contribution is 0.0943. The van der Waals surface area contributed by atoms with Crippen LogP contribution in [0, 0.1) is 5.82 Å². The average Bonchev–Trinajstić information content (AvgIpc) is 2.11. The van der Waals surface area contributed by atoms with E-state index in [-0.39, 0.29) is 0 Å². The molecule has 0 aromatic carbocycles. The lowest BCUT2D eigenvalue weighted by Crippen LogP contribution is -2.11. The van der Waals surface area contributed by atoms with Crippen molar-refractivity contribution in [2.75, 3.05) is 0 Å². The quantitative estimate of drug-likeness (QED) is 0.554. The molecule has 1 rings (SSSR count). The standard InChI is InChI=1S/C5H2BF3S/c6-5(8,9)4-3(7)1-2-10-4/h1-2H/q-1. The Morgan fingerprint density at radius 1 is 1.50 bits per heavy atom. The molecule has 0 nitrogen and oxygen atoms in total. The second-order valence-corrected chi connectivity index (χ2v) is 2.64. The van der Waals surface area contributed by atoms with Gasteiger partial charge in [-0.15, -0.1) is 11.3 Å². The Morgan fingerprint density at radius 3 is 2.30 bits per heavy atom. The minimum atomic E-state index is -3.54. The van der Waals surface area contributed by atoms with Crippen molar-refractivity contribution in [3.05, 3.63) is 22.1 Å². The van der Waals surface area contributed by atoms with E-state index in [1.54, 1.807) is 0 Å². The Hall–Kier alpha value is -0.445. The summed E-state index contributed by atoms with van der Waals surface area (Å²) in [5, 5.41) is 1.23. The molecule has 0 saturated heterocycles. The van der Waals surface area contributed by atoms with E-state index in [4.69, 9.17) is 0 Å². The van der Waals surface area contributed by atoms with Crippen molar-refractivity contribution in [2.24, 2.45) is 0 Å². The molecule has 0 bridgehead atoms. The van der Waals surface area contributed by atoms with E-state index in [0.29, 0.717) is 11.3 Å². The molecule has 5 heteroatoms. The lowest BCUT2D eigenvalue weighted by Gasteiger charge is -2.21. The molecule has 0 amide bonds. The highest BCUT2D eigenvalue weighted by atomic mass is 32.1. The zero-order chi connectivity index (χ0) is 7.78. The van der Waals surface area contributed by atoms with E-state index >= 15 is 0 Å². The van der Waals surface area contributed by atoms with Gasteiger partial charge < -0.3 is 7.85 Å². The summed E-state index contributed by atoms with van der Waals surface area (Å²) >= 11 is 0.606. The van der Waals surface area contributed by atoms with E-state index in [0.717, 1.165) is 6.07 Å². The van der Waals surface area contributed by atoms with Crippen LogP contribution >= 0.6 is 11.3 Å². The highest BCUT2D eigenvalue weighted by Crippen LogP contribution is 2.30. The fourth-order valence-corrected chi connectivity index (χ4v) is 1.19. The van der Waals surface area contributed by atoms with Gasteiger partial charge in [0.15, 0.2) is 0 Å². The molecule has 0 fully saturated rings. The molecule has 0 atom stereocenters. The Labute approximate surface area is 61.1 Å². The van der Waals surface area contributed by atoms with Gasteiger partial charge in [-0.3, -0.25) is 8.78 Å². The number of rotatable bonds is 1. The zero-order valence-electron chi connectivity index (χ0n) is 4.77. The second-order valence-electron chi connectivity index (χ2n) is 1.72. The van der Waals surface area contributed by atoms with Crippen LogP contribution in [0.5, 0.6) is 0 Å². The number of alkyl halides is 2. The van der Waals surface area contributed by atoms with Crippen LogP contribution in [0.1, 0.15) is 4.88 Å². The molecule has 0 N–H and O–H groups in total. The molecule has 0 aliphatic carbocycles. The van der Waals surface area contributed by atoms with Crippen LogP contribution in [0.4, 0.5) is 13.2 Å². The van der Waals surface area contributed by atoms with Crippen molar-refractivity contribution in [2.45, 2.75) is 5.82 Å². The van der Waals surface area contributed by atoms with Crippen LogP contribution in [0.15, 0.2) is 11.4 Å². The van der Waals surface area contributed by atoms with Crippen LogP contribution < -0.4 is 0 Å². The summed E-state index contributed by atoms with van der Waals surface area (Å²) in [6.45, 7) is 0. The van der Waals surface area contributed by atoms with E-state index in [9.17, 15) is 13.2 Å². The van der Waals surface area contributed by atoms with Crippen LogP contribution in [0.3, 0.4) is 0 Å². The average molecular weight is 162 g/mol. The first-order valence-electron chi connectivity index (χ1n) is 2.42. The fourth-order valence-electron chi connectivity index (χ4n) is 0.532. The van der Waals surface area contributed by atoms with Gasteiger partial charge in [0.05, 0.1) is 10.7 Å². The normalized spacial score (nSPS) is 12.0. The molecule has 0 saturated carbocycles. The van der Waals surface area contributed by atoms with Gasteiger partial charge in [0.25, 0.3) is 0 Å². The topological polar surface area (TPSA) is 0 Å². The van der Waals surface area contributed by atoms with Crippen molar-refractivity contribution in [1.29, 1.82) is 0 Å². The molecule has 53 valence electrons. The second kappa shape index (κ2) is 2.30. The minimum absolute atomic E-state index is 0.606. The first-order chi connectivity index (χ1) is 4.52. The molecule has 10 heavy (non-hydrogen) atoms. The number of hydrogen-bond acceptors (Lipinski definition) is 1. The highest BCUT2D eigenvalue weighted by Gasteiger charge is 2.16. The largest absolute Gasteiger partial charge is 0.516 e. The first-order valence-corrected chi connectivity index (χ1v) is 3.30. The third-order valence-corrected chi connectivity index (χ3v) is 1.89. The third-order valence-electron chi connectivity index (χ3n) is 0.920. The molecular weight excluding hydrogens is 160 g/mol. The van der Waals surface area contributed by atoms with Crippen molar-refractivity contribution in [3.63, 3.8) is 0 Å². The maximum Gasteiger partial charge on any atom is 0.139 e. The third kappa shape index (κ3) is 1.34. The summed E-state index contributed by atoms with van der Waals surface area (Å²) in [5.74, 6) is -4.49. The monoisotopic (exact) mass is 162 g/mol. The van der Waals surface area contributed by atoms with Gasteiger partial charge in [-0.25, -0.2) is 4.39 Å². The van der Waals surface area contributed by atoms with Crippen LogP contribution in [-0.4, -0.2) is 7.85 Å². The van der Waals surface area contributed by atoms with E-state index < -0.39 is 16.5 Å². The lowest BCUT2D eigenvalue weighted by atomic mass is 9.97. The van der Waals surface area contributed by atoms with Gasteiger partial charge in [0.1, 0.15) is 5.82 Å². The van der Waals surface area contributed by atoms with Crippen molar-refractivity contribution in [3.8, 4) is 0 Å². The predicted molar refractivity (Wildman–Crippen MR) is 33.9 cm³/mol. The SMILES string of the molecule is [B-]C(F)(F)c1sccc1F. The first kappa shape index (κ1) is 7.66. The summed E-state index contributed by atoms with van der Waals surface area (Å²) in [4.78, 5) is -0.715. The van der Waals surface area contributed by atoms with Gasteiger partial charge in [0, 0.05) is 0 Å². The van der Waals surface area contributed by atoms with Crippen molar-refractivity contribution >= 4 is 19.2 Å². The Balaban J connectivity index is 3.05. The van der Waals surface area contributed by atoms with Crippen LogP contribution in [0.2, 0.25) is 0 Å². The summed E-state index contributed by atoms with van der Waals surface area (Å²) in [6, 6.07) is 0.959. The molecule has 3 radical (unpaired) electrons. The number of thiophene rings is 1. The van der Waals surface area contributed by atoms with E-state index in [1.807, 2.05) is 0 Å². The molecular formula is C5H2BF3S-. The van der Waals surface area contributed by atoms with Crippen LogP contribution in [-0.2, 0) is 5.82 Å². The summed E-state index contributed by atoms with van der Waals surface area (Å²) in [7, 11) is 4.34. The maximum atomic E-state index is 12.3. The van der Waals surface area contributed by atoms with E-state index in [1.165, 1.54) is 5.38 Å².